The molecular formula is C12H13N5. The van der Waals surface area contributed by atoms with Gasteiger partial charge in [-0.3, -0.25) is 15.6 Å². The van der Waals surface area contributed by atoms with Crippen LogP contribution in [0.5, 0.6) is 0 Å². The molecule has 2 aromatic rings. The monoisotopic (exact) mass is 227 g/mol. The summed E-state index contributed by atoms with van der Waals surface area (Å²) in [6.45, 7) is 0. The van der Waals surface area contributed by atoms with E-state index < -0.39 is 0 Å². The molecule has 2 heterocycles. The largest absolute Gasteiger partial charge is 0.347 e. The Hall–Kier alpha value is -2.14. The Balaban J connectivity index is 2.04. The van der Waals surface area contributed by atoms with Crippen molar-refractivity contribution >= 4 is 16.9 Å². The Bertz CT molecular complexity index is 580. The molecule has 0 unspecified atom stereocenters. The standard InChI is InChI=1S/C12H13N5/c1-16-6-7-17(12(16)13)11-8-14-9-4-2-3-5-10(9)15-11/h2-8,12H,13H2,1H3/t12-/m0/s1. The molecule has 1 aromatic heterocycles. The van der Waals surface area contributed by atoms with Crippen LogP contribution in [0.3, 0.4) is 0 Å². The minimum absolute atomic E-state index is 0.217. The van der Waals surface area contributed by atoms with Crippen LogP contribution >= 0.6 is 0 Å². The van der Waals surface area contributed by atoms with Gasteiger partial charge in [0, 0.05) is 19.4 Å². The molecule has 2 N–H and O–H groups in total. The van der Waals surface area contributed by atoms with Crippen molar-refractivity contribution in [3.05, 3.63) is 42.9 Å². The number of nitrogens with two attached hydrogens (primary N) is 1. The number of benzene rings is 1. The van der Waals surface area contributed by atoms with Crippen LogP contribution in [0.1, 0.15) is 0 Å². The van der Waals surface area contributed by atoms with E-state index in [9.17, 15) is 0 Å². The van der Waals surface area contributed by atoms with E-state index >= 15 is 0 Å². The van der Waals surface area contributed by atoms with E-state index in [-0.39, 0.29) is 6.29 Å². The third kappa shape index (κ3) is 1.60. The third-order valence-corrected chi connectivity index (χ3v) is 2.87. The van der Waals surface area contributed by atoms with Gasteiger partial charge in [0.05, 0.1) is 17.2 Å². The van der Waals surface area contributed by atoms with Crippen LogP contribution in [0.15, 0.2) is 42.9 Å². The summed E-state index contributed by atoms with van der Waals surface area (Å²) in [6.07, 6.45) is 5.35. The number of fused-ring (bicyclic) bond motifs is 1. The first-order valence-electron chi connectivity index (χ1n) is 5.42. The van der Waals surface area contributed by atoms with Crippen LogP contribution in [-0.4, -0.2) is 28.2 Å². The van der Waals surface area contributed by atoms with Gasteiger partial charge in [-0.05, 0) is 12.1 Å². The van der Waals surface area contributed by atoms with Crippen molar-refractivity contribution in [1.29, 1.82) is 0 Å². The molecule has 86 valence electrons. The molecule has 0 aliphatic carbocycles. The summed E-state index contributed by atoms with van der Waals surface area (Å²) < 4.78 is 0. The average molecular weight is 227 g/mol. The van der Waals surface area contributed by atoms with Crippen molar-refractivity contribution in [3.8, 4) is 0 Å². The number of aromatic nitrogens is 2. The summed E-state index contributed by atoms with van der Waals surface area (Å²) in [7, 11) is 1.93. The normalized spacial score (nSPS) is 19.3. The van der Waals surface area contributed by atoms with E-state index in [1.807, 2.05) is 53.5 Å². The summed E-state index contributed by atoms with van der Waals surface area (Å²) in [5.41, 5.74) is 7.79. The predicted molar refractivity (Wildman–Crippen MR) is 66.9 cm³/mol. The molecule has 0 amide bonds. The molecule has 1 aliphatic rings. The SMILES string of the molecule is CN1C=CN(c2cnc3ccccc3n2)[C@H]1N. The Morgan fingerprint density at radius 2 is 1.94 bits per heavy atom. The summed E-state index contributed by atoms with van der Waals surface area (Å²) in [6, 6.07) is 7.79. The Morgan fingerprint density at radius 3 is 2.65 bits per heavy atom. The molecule has 0 radical (unpaired) electrons. The Morgan fingerprint density at radius 1 is 1.18 bits per heavy atom. The van der Waals surface area contributed by atoms with Gasteiger partial charge in [0.1, 0.15) is 0 Å². The van der Waals surface area contributed by atoms with Crippen LogP contribution in [0.4, 0.5) is 5.82 Å². The van der Waals surface area contributed by atoms with Gasteiger partial charge in [0.25, 0.3) is 0 Å². The van der Waals surface area contributed by atoms with Crippen LogP contribution in [0, 0.1) is 0 Å². The molecule has 1 aliphatic heterocycles. The topological polar surface area (TPSA) is 58.3 Å². The maximum Gasteiger partial charge on any atom is 0.159 e. The first-order valence-corrected chi connectivity index (χ1v) is 5.42. The molecule has 0 spiro atoms. The predicted octanol–water partition coefficient (Wildman–Crippen LogP) is 1.10. The van der Waals surface area contributed by atoms with Crippen molar-refractivity contribution in [3.63, 3.8) is 0 Å². The Kier molecular flexibility index (Phi) is 2.19. The number of hydrogen-bond donors (Lipinski definition) is 1. The molecule has 1 aromatic carbocycles. The minimum atomic E-state index is -0.217. The fourth-order valence-corrected chi connectivity index (χ4v) is 1.83. The van der Waals surface area contributed by atoms with Gasteiger partial charge in [-0.1, -0.05) is 12.1 Å². The smallest absolute Gasteiger partial charge is 0.159 e. The molecule has 3 rings (SSSR count). The minimum Gasteiger partial charge on any atom is -0.347 e. The third-order valence-electron chi connectivity index (χ3n) is 2.87. The summed E-state index contributed by atoms with van der Waals surface area (Å²) in [5, 5.41) is 0. The molecule has 0 bridgehead atoms. The zero-order valence-electron chi connectivity index (χ0n) is 9.49. The lowest BCUT2D eigenvalue weighted by Gasteiger charge is -2.25. The number of nitrogens with zero attached hydrogens (tertiary/aromatic N) is 4. The van der Waals surface area contributed by atoms with Crippen LogP contribution in [0.2, 0.25) is 0 Å². The van der Waals surface area contributed by atoms with E-state index in [4.69, 9.17) is 5.73 Å². The molecule has 5 heteroatoms. The number of rotatable bonds is 1. The number of hydrogen-bond acceptors (Lipinski definition) is 5. The second-order valence-electron chi connectivity index (χ2n) is 4.00. The van der Waals surface area contributed by atoms with Crippen LogP contribution < -0.4 is 10.6 Å². The van der Waals surface area contributed by atoms with Gasteiger partial charge in [-0.15, -0.1) is 0 Å². The van der Waals surface area contributed by atoms with Gasteiger partial charge in [-0.25, -0.2) is 4.98 Å². The average Bonchev–Trinajstić information content (AvgIpc) is 2.70. The van der Waals surface area contributed by atoms with Gasteiger partial charge in [0.15, 0.2) is 12.1 Å². The summed E-state index contributed by atoms with van der Waals surface area (Å²) >= 11 is 0. The molecule has 0 saturated carbocycles. The molecule has 5 nitrogen and oxygen atoms in total. The van der Waals surface area contributed by atoms with Gasteiger partial charge in [-0.2, -0.15) is 0 Å². The van der Waals surface area contributed by atoms with E-state index in [1.165, 1.54) is 0 Å². The second kappa shape index (κ2) is 3.71. The molecule has 17 heavy (non-hydrogen) atoms. The Labute approximate surface area is 99.2 Å². The van der Waals surface area contributed by atoms with Gasteiger partial charge >= 0.3 is 0 Å². The summed E-state index contributed by atoms with van der Waals surface area (Å²) in [4.78, 5) is 12.7. The molecule has 0 fully saturated rings. The van der Waals surface area contributed by atoms with Gasteiger partial charge < -0.3 is 4.90 Å². The quantitative estimate of drug-likeness (QED) is 0.790. The van der Waals surface area contributed by atoms with Crippen molar-refractivity contribution in [2.45, 2.75) is 6.29 Å². The zero-order valence-corrected chi connectivity index (χ0v) is 9.49. The lowest BCUT2D eigenvalue weighted by Crippen LogP contribution is -2.44. The maximum absolute atomic E-state index is 6.02. The lowest BCUT2D eigenvalue weighted by molar-refractivity contribution is 0.366. The van der Waals surface area contributed by atoms with Crippen molar-refractivity contribution < 1.29 is 0 Å². The highest BCUT2D eigenvalue weighted by Gasteiger charge is 2.21. The zero-order chi connectivity index (χ0) is 11.8. The number of anilines is 1. The van der Waals surface area contributed by atoms with Crippen molar-refractivity contribution in [2.24, 2.45) is 5.73 Å². The van der Waals surface area contributed by atoms with E-state index in [0.29, 0.717) is 0 Å². The highest BCUT2D eigenvalue weighted by Crippen LogP contribution is 2.20. The lowest BCUT2D eigenvalue weighted by atomic mass is 10.3. The molecule has 0 saturated heterocycles. The van der Waals surface area contributed by atoms with Crippen molar-refractivity contribution in [1.82, 2.24) is 14.9 Å². The van der Waals surface area contributed by atoms with Crippen molar-refractivity contribution in [2.75, 3.05) is 11.9 Å². The van der Waals surface area contributed by atoms with Crippen LogP contribution in [-0.2, 0) is 0 Å². The second-order valence-corrected chi connectivity index (χ2v) is 4.00. The molecular weight excluding hydrogens is 214 g/mol. The highest BCUT2D eigenvalue weighted by molar-refractivity contribution is 5.75. The van der Waals surface area contributed by atoms with E-state index in [0.717, 1.165) is 16.9 Å². The van der Waals surface area contributed by atoms with E-state index in [2.05, 4.69) is 9.97 Å². The maximum atomic E-state index is 6.02. The molecule has 1 atom stereocenters. The first kappa shape index (κ1) is 10.0. The summed E-state index contributed by atoms with van der Waals surface area (Å²) in [5.74, 6) is 0.761. The van der Waals surface area contributed by atoms with Crippen LogP contribution in [0.25, 0.3) is 11.0 Å². The van der Waals surface area contributed by atoms with Gasteiger partial charge in [0.2, 0.25) is 0 Å². The first-order chi connectivity index (χ1) is 8.25. The fraction of sp³-hybridized carbons (Fsp3) is 0.167. The fourth-order valence-electron chi connectivity index (χ4n) is 1.83. The highest BCUT2D eigenvalue weighted by atomic mass is 15.4. The number of para-hydroxylation sites is 2. The van der Waals surface area contributed by atoms with E-state index in [1.54, 1.807) is 6.20 Å².